The molecule has 2 heterocycles. The minimum Gasteiger partial charge on any atom is -0.493 e. The number of nitrogens with one attached hydrogen (secondary N) is 1. The molecular formula is C25H20FN3O2. The number of para-hydroxylation sites is 2. The van der Waals surface area contributed by atoms with Crippen LogP contribution in [0.2, 0.25) is 0 Å². The van der Waals surface area contributed by atoms with E-state index in [1.54, 1.807) is 23.0 Å². The fourth-order valence-electron chi connectivity index (χ4n) is 3.80. The summed E-state index contributed by atoms with van der Waals surface area (Å²) in [6.07, 6.45) is 2.40. The summed E-state index contributed by atoms with van der Waals surface area (Å²) in [7, 11) is 0. The summed E-state index contributed by atoms with van der Waals surface area (Å²) in [6.45, 7) is 0.538. The molecule has 1 N–H and O–H groups in total. The second kappa shape index (κ2) is 8.07. The van der Waals surface area contributed by atoms with Gasteiger partial charge in [0.25, 0.3) is 5.91 Å². The first kappa shape index (κ1) is 19.1. The fraction of sp³-hybridized carbons (Fsp3) is 0.120. The first-order valence-corrected chi connectivity index (χ1v) is 10.1. The molecule has 0 bridgehead atoms. The number of carbonyl (C=O) groups excluding carboxylic acids is 1. The number of rotatable bonds is 4. The van der Waals surface area contributed by atoms with Crippen molar-refractivity contribution in [2.75, 3.05) is 6.61 Å². The van der Waals surface area contributed by atoms with E-state index in [9.17, 15) is 9.18 Å². The van der Waals surface area contributed by atoms with Crippen molar-refractivity contribution >= 4 is 5.91 Å². The Balaban J connectivity index is 1.52. The Labute approximate surface area is 179 Å². The van der Waals surface area contributed by atoms with Crippen LogP contribution in [0.5, 0.6) is 5.75 Å². The zero-order valence-electron chi connectivity index (χ0n) is 16.7. The average Bonchev–Trinajstić information content (AvgIpc) is 3.26. The molecule has 3 aromatic carbocycles. The highest BCUT2D eigenvalue weighted by Gasteiger charge is 2.26. The molecule has 5 nitrogen and oxygen atoms in total. The molecule has 1 unspecified atom stereocenters. The van der Waals surface area contributed by atoms with E-state index in [1.807, 2.05) is 54.6 Å². The molecule has 4 aromatic rings. The van der Waals surface area contributed by atoms with Gasteiger partial charge in [-0.15, -0.1) is 0 Å². The molecule has 1 amide bonds. The lowest BCUT2D eigenvalue weighted by Crippen LogP contribution is -2.32. The molecule has 154 valence electrons. The predicted octanol–water partition coefficient (Wildman–Crippen LogP) is 4.93. The van der Waals surface area contributed by atoms with Gasteiger partial charge in [0.2, 0.25) is 0 Å². The summed E-state index contributed by atoms with van der Waals surface area (Å²) in [5.74, 6) is 0.219. The van der Waals surface area contributed by atoms with E-state index in [-0.39, 0.29) is 17.8 Å². The summed E-state index contributed by atoms with van der Waals surface area (Å²) in [6, 6.07) is 23.1. The molecule has 0 aliphatic carbocycles. The highest BCUT2D eigenvalue weighted by atomic mass is 19.1. The normalized spacial score (nSPS) is 15.1. The average molecular weight is 413 g/mol. The molecule has 0 saturated heterocycles. The smallest absolute Gasteiger partial charge is 0.255 e. The van der Waals surface area contributed by atoms with Crippen molar-refractivity contribution in [2.24, 2.45) is 0 Å². The quantitative estimate of drug-likeness (QED) is 0.516. The Bertz CT molecular complexity index is 1220. The Hall–Kier alpha value is -3.93. The van der Waals surface area contributed by atoms with E-state index in [2.05, 4.69) is 10.4 Å². The van der Waals surface area contributed by atoms with Crippen molar-refractivity contribution in [1.29, 1.82) is 0 Å². The Morgan fingerprint density at radius 3 is 2.55 bits per heavy atom. The molecule has 1 aliphatic heterocycles. The SMILES string of the molecule is O=C(NC1CCOc2ccccc21)c1cn(-c2ccccc2)nc1-c1ccc(F)cc1. The summed E-state index contributed by atoms with van der Waals surface area (Å²) in [4.78, 5) is 13.3. The lowest BCUT2D eigenvalue weighted by Gasteiger charge is -2.26. The largest absolute Gasteiger partial charge is 0.493 e. The lowest BCUT2D eigenvalue weighted by atomic mass is 10.00. The topological polar surface area (TPSA) is 56.1 Å². The summed E-state index contributed by atoms with van der Waals surface area (Å²) in [5.41, 5.74) is 3.40. The molecule has 5 rings (SSSR count). The molecule has 1 aromatic heterocycles. The first-order valence-electron chi connectivity index (χ1n) is 10.1. The number of ether oxygens (including phenoxy) is 1. The molecule has 0 radical (unpaired) electrons. The Morgan fingerprint density at radius 2 is 1.74 bits per heavy atom. The van der Waals surface area contributed by atoms with Crippen molar-refractivity contribution in [3.63, 3.8) is 0 Å². The number of hydrogen-bond acceptors (Lipinski definition) is 3. The van der Waals surface area contributed by atoms with Crippen molar-refractivity contribution in [3.8, 4) is 22.7 Å². The Kier molecular flexibility index (Phi) is 4.96. The van der Waals surface area contributed by atoms with Crippen LogP contribution >= 0.6 is 0 Å². The van der Waals surface area contributed by atoms with Gasteiger partial charge in [-0.2, -0.15) is 5.10 Å². The highest BCUT2D eigenvalue weighted by Crippen LogP contribution is 2.32. The van der Waals surface area contributed by atoms with Gasteiger partial charge in [-0.05, 0) is 42.5 Å². The van der Waals surface area contributed by atoms with Gasteiger partial charge in [0, 0.05) is 23.7 Å². The third-order valence-electron chi connectivity index (χ3n) is 5.36. The number of amides is 1. The van der Waals surface area contributed by atoms with Crippen molar-refractivity contribution < 1.29 is 13.9 Å². The van der Waals surface area contributed by atoms with Gasteiger partial charge in [0.05, 0.1) is 23.9 Å². The molecule has 0 fully saturated rings. The maximum Gasteiger partial charge on any atom is 0.255 e. The van der Waals surface area contributed by atoms with E-state index in [0.29, 0.717) is 29.8 Å². The fourth-order valence-corrected chi connectivity index (χ4v) is 3.80. The van der Waals surface area contributed by atoms with Crippen LogP contribution in [0.4, 0.5) is 4.39 Å². The third-order valence-corrected chi connectivity index (χ3v) is 5.36. The predicted molar refractivity (Wildman–Crippen MR) is 116 cm³/mol. The molecule has 1 atom stereocenters. The second-order valence-electron chi connectivity index (χ2n) is 7.38. The number of nitrogens with zero attached hydrogens (tertiary/aromatic N) is 2. The first-order chi connectivity index (χ1) is 15.2. The number of carbonyl (C=O) groups is 1. The van der Waals surface area contributed by atoms with Crippen molar-refractivity contribution in [1.82, 2.24) is 15.1 Å². The van der Waals surface area contributed by atoms with Gasteiger partial charge in [0.15, 0.2) is 0 Å². The van der Waals surface area contributed by atoms with E-state index < -0.39 is 0 Å². The van der Waals surface area contributed by atoms with Crippen LogP contribution in [0.15, 0.2) is 85.1 Å². The molecular weight excluding hydrogens is 393 g/mol. The summed E-state index contributed by atoms with van der Waals surface area (Å²) < 4.78 is 20.8. The maximum atomic E-state index is 13.5. The number of hydrogen-bond donors (Lipinski definition) is 1. The maximum absolute atomic E-state index is 13.5. The van der Waals surface area contributed by atoms with Crippen LogP contribution in [0, 0.1) is 5.82 Å². The van der Waals surface area contributed by atoms with Gasteiger partial charge in [-0.1, -0.05) is 36.4 Å². The Morgan fingerprint density at radius 1 is 1.00 bits per heavy atom. The zero-order chi connectivity index (χ0) is 21.2. The van der Waals surface area contributed by atoms with Crippen LogP contribution in [0.3, 0.4) is 0 Å². The van der Waals surface area contributed by atoms with Crippen LogP contribution in [-0.2, 0) is 0 Å². The van der Waals surface area contributed by atoms with Crippen LogP contribution in [0.1, 0.15) is 28.4 Å². The highest BCUT2D eigenvalue weighted by molar-refractivity contribution is 6.00. The standard InChI is InChI=1S/C25H20FN3O2/c26-18-12-10-17(11-13-18)24-21(16-29(28-24)19-6-2-1-3-7-19)25(30)27-22-14-15-31-23-9-5-4-8-20(22)23/h1-13,16,22H,14-15H2,(H,27,30). The number of fused-ring (bicyclic) bond motifs is 1. The minimum absolute atomic E-state index is 0.154. The van der Waals surface area contributed by atoms with E-state index in [0.717, 1.165) is 17.0 Å². The number of aromatic nitrogens is 2. The van der Waals surface area contributed by atoms with Crippen LogP contribution in [-0.4, -0.2) is 22.3 Å². The molecule has 31 heavy (non-hydrogen) atoms. The monoisotopic (exact) mass is 413 g/mol. The van der Waals surface area contributed by atoms with Crippen LogP contribution < -0.4 is 10.1 Å². The zero-order valence-corrected chi connectivity index (χ0v) is 16.7. The van der Waals surface area contributed by atoms with E-state index >= 15 is 0 Å². The molecule has 1 aliphatic rings. The molecule has 0 saturated carbocycles. The number of benzene rings is 3. The van der Waals surface area contributed by atoms with Gasteiger partial charge in [0.1, 0.15) is 17.3 Å². The van der Waals surface area contributed by atoms with E-state index in [4.69, 9.17) is 4.74 Å². The minimum atomic E-state index is -0.337. The summed E-state index contributed by atoms with van der Waals surface area (Å²) >= 11 is 0. The second-order valence-corrected chi connectivity index (χ2v) is 7.38. The van der Waals surface area contributed by atoms with Crippen LogP contribution in [0.25, 0.3) is 16.9 Å². The van der Waals surface area contributed by atoms with Crippen molar-refractivity contribution in [3.05, 3.63) is 102 Å². The lowest BCUT2D eigenvalue weighted by molar-refractivity contribution is 0.0925. The van der Waals surface area contributed by atoms with E-state index in [1.165, 1.54) is 12.1 Å². The van der Waals surface area contributed by atoms with Gasteiger partial charge < -0.3 is 10.1 Å². The van der Waals surface area contributed by atoms with Gasteiger partial charge >= 0.3 is 0 Å². The number of halogens is 1. The molecule has 0 spiro atoms. The third kappa shape index (κ3) is 3.80. The van der Waals surface area contributed by atoms with Crippen molar-refractivity contribution in [2.45, 2.75) is 12.5 Å². The molecule has 6 heteroatoms. The summed E-state index contributed by atoms with van der Waals surface area (Å²) in [5, 5.41) is 7.78. The van der Waals surface area contributed by atoms with Gasteiger partial charge in [-0.25, -0.2) is 9.07 Å². The van der Waals surface area contributed by atoms with Gasteiger partial charge in [-0.3, -0.25) is 4.79 Å².